The largest absolute Gasteiger partial charge is 0.463 e. The van der Waals surface area contributed by atoms with Crippen LogP contribution >= 0.6 is 0 Å². The van der Waals surface area contributed by atoms with Gasteiger partial charge in [0.05, 0.1) is 16.9 Å². The summed E-state index contributed by atoms with van der Waals surface area (Å²) in [5, 5.41) is 0. The van der Waals surface area contributed by atoms with E-state index in [1.165, 1.54) is 4.31 Å². The fourth-order valence-corrected chi connectivity index (χ4v) is 5.98. The summed E-state index contributed by atoms with van der Waals surface area (Å²) in [5.74, 6) is -0.469. The number of sulfonamides is 1. The SMILES string of the molecule is Cc1cc(C)c(S(=O)(=O)N2CCC(C(=O)OCC3CCCO3)CC2)c(C)c1. The highest BCUT2D eigenvalue weighted by Gasteiger charge is 2.34. The quantitative estimate of drug-likeness (QED) is 0.717. The van der Waals surface area contributed by atoms with Gasteiger partial charge in [-0.3, -0.25) is 4.79 Å². The monoisotopic (exact) mass is 395 g/mol. The van der Waals surface area contributed by atoms with Crippen molar-refractivity contribution >= 4 is 16.0 Å². The Bertz CT molecular complexity index is 768. The molecular weight excluding hydrogens is 366 g/mol. The molecule has 2 aliphatic heterocycles. The van der Waals surface area contributed by atoms with Crippen molar-refractivity contribution in [1.29, 1.82) is 0 Å². The lowest BCUT2D eigenvalue weighted by Crippen LogP contribution is -2.41. The van der Waals surface area contributed by atoms with Crippen molar-refractivity contribution in [2.24, 2.45) is 5.92 Å². The zero-order valence-corrected chi connectivity index (χ0v) is 17.2. The van der Waals surface area contributed by atoms with Crippen LogP contribution in [0.25, 0.3) is 0 Å². The second-order valence-corrected chi connectivity index (χ2v) is 9.55. The van der Waals surface area contributed by atoms with Crippen LogP contribution in [0.1, 0.15) is 42.4 Å². The predicted molar refractivity (Wildman–Crippen MR) is 102 cm³/mol. The maximum atomic E-state index is 13.1. The second kappa shape index (κ2) is 8.29. The number of nitrogens with zero attached hydrogens (tertiary/aromatic N) is 1. The van der Waals surface area contributed by atoms with Crippen molar-refractivity contribution in [3.63, 3.8) is 0 Å². The number of carbonyl (C=O) groups excluding carboxylic acids is 1. The van der Waals surface area contributed by atoms with Crippen molar-refractivity contribution in [3.05, 3.63) is 28.8 Å². The summed E-state index contributed by atoms with van der Waals surface area (Å²) in [4.78, 5) is 12.7. The Labute approximate surface area is 161 Å². The fraction of sp³-hybridized carbons (Fsp3) is 0.650. The van der Waals surface area contributed by atoms with Gasteiger partial charge in [0.25, 0.3) is 0 Å². The molecule has 150 valence electrons. The molecule has 0 N–H and O–H groups in total. The third-order valence-corrected chi connectivity index (χ3v) is 7.63. The lowest BCUT2D eigenvalue weighted by Gasteiger charge is -2.31. The number of ether oxygens (including phenoxy) is 2. The molecular formula is C20H29NO5S. The predicted octanol–water partition coefficient (Wildman–Crippen LogP) is 2.73. The third kappa shape index (κ3) is 4.52. The maximum absolute atomic E-state index is 13.1. The molecule has 0 bridgehead atoms. The topological polar surface area (TPSA) is 72.9 Å². The molecule has 1 atom stereocenters. The van der Waals surface area contributed by atoms with Gasteiger partial charge in [-0.2, -0.15) is 4.31 Å². The van der Waals surface area contributed by atoms with Crippen molar-refractivity contribution < 1.29 is 22.7 Å². The Morgan fingerprint density at radius 1 is 1.15 bits per heavy atom. The number of benzene rings is 1. The molecule has 2 heterocycles. The molecule has 0 aliphatic carbocycles. The Morgan fingerprint density at radius 3 is 2.33 bits per heavy atom. The van der Waals surface area contributed by atoms with E-state index in [-0.39, 0.29) is 18.0 Å². The zero-order chi connectivity index (χ0) is 19.6. The minimum atomic E-state index is -3.55. The first kappa shape index (κ1) is 20.3. The van der Waals surface area contributed by atoms with E-state index in [0.717, 1.165) is 36.1 Å². The molecule has 0 saturated carbocycles. The van der Waals surface area contributed by atoms with Crippen LogP contribution in [-0.2, 0) is 24.3 Å². The number of hydrogen-bond acceptors (Lipinski definition) is 5. The molecule has 2 fully saturated rings. The van der Waals surface area contributed by atoms with Crippen molar-refractivity contribution in [2.75, 3.05) is 26.3 Å². The van der Waals surface area contributed by atoms with E-state index < -0.39 is 10.0 Å². The van der Waals surface area contributed by atoms with E-state index in [4.69, 9.17) is 9.47 Å². The third-order valence-electron chi connectivity index (χ3n) is 5.43. The molecule has 27 heavy (non-hydrogen) atoms. The van der Waals surface area contributed by atoms with E-state index in [1.807, 2.05) is 32.9 Å². The number of aryl methyl sites for hydroxylation is 3. The molecule has 6 nitrogen and oxygen atoms in total. The smallest absolute Gasteiger partial charge is 0.309 e. The summed E-state index contributed by atoms with van der Waals surface area (Å²) in [6.45, 7) is 7.35. The number of hydrogen-bond donors (Lipinski definition) is 0. The van der Waals surface area contributed by atoms with E-state index in [1.54, 1.807) is 0 Å². The molecule has 0 spiro atoms. The molecule has 1 aromatic rings. The van der Waals surface area contributed by atoms with Crippen LogP contribution in [0, 0.1) is 26.7 Å². The van der Waals surface area contributed by atoms with E-state index in [2.05, 4.69) is 0 Å². The van der Waals surface area contributed by atoms with Crippen LogP contribution in [0.4, 0.5) is 0 Å². The highest BCUT2D eigenvalue weighted by atomic mass is 32.2. The summed E-state index contributed by atoms with van der Waals surface area (Å²) in [6, 6.07) is 3.80. The van der Waals surface area contributed by atoms with Gasteiger partial charge in [-0.1, -0.05) is 17.7 Å². The van der Waals surface area contributed by atoms with E-state index in [0.29, 0.717) is 37.4 Å². The summed E-state index contributed by atoms with van der Waals surface area (Å²) in [7, 11) is -3.55. The molecule has 0 amide bonds. The lowest BCUT2D eigenvalue weighted by atomic mass is 9.98. The molecule has 3 rings (SSSR count). The minimum Gasteiger partial charge on any atom is -0.463 e. The van der Waals surface area contributed by atoms with Crippen LogP contribution in [-0.4, -0.2) is 51.1 Å². The standard InChI is InChI=1S/C20H29NO5S/c1-14-11-15(2)19(16(3)12-14)27(23,24)21-8-6-17(7-9-21)20(22)26-13-18-5-4-10-25-18/h11-12,17-18H,4-10,13H2,1-3H3. The molecule has 0 radical (unpaired) electrons. The van der Waals surface area contributed by atoms with Crippen LogP contribution in [0.2, 0.25) is 0 Å². The average Bonchev–Trinajstić information content (AvgIpc) is 3.12. The van der Waals surface area contributed by atoms with E-state index >= 15 is 0 Å². The Hall–Kier alpha value is -1.44. The van der Waals surface area contributed by atoms with Gasteiger partial charge in [0.1, 0.15) is 6.61 Å². The van der Waals surface area contributed by atoms with Gasteiger partial charge in [0.15, 0.2) is 0 Å². The van der Waals surface area contributed by atoms with Gasteiger partial charge < -0.3 is 9.47 Å². The highest BCUT2D eigenvalue weighted by molar-refractivity contribution is 7.89. The maximum Gasteiger partial charge on any atom is 0.309 e. The van der Waals surface area contributed by atoms with Crippen LogP contribution < -0.4 is 0 Å². The first-order chi connectivity index (χ1) is 12.8. The number of esters is 1. The number of carbonyl (C=O) groups is 1. The van der Waals surface area contributed by atoms with Gasteiger partial charge in [-0.25, -0.2) is 8.42 Å². The summed E-state index contributed by atoms with van der Waals surface area (Å²) in [5.41, 5.74) is 2.59. The molecule has 2 saturated heterocycles. The normalized spacial score (nSPS) is 22.1. The van der Waals surface area contributed by atoms with Crippen LogP contribution in [0.5, 0.6) is 0 Å². The Morgan fingerprint density at radius 2 is 1.78 bits per heavy atom. The molecule has 1 aromatic carbocycles. The zero-order valence-electron chi connectivity index (χ0n) is 16.4. The number of rotatable bonds is 5. The van der Waals surface area contributed by atoms with Crippen molar-refractivity contribution in [1.82, 2.24) is 4.31 Å². The van der Waals surface area contributed by atoms with Gasteiger partial charge >= 0.3 is 5.97 Å². The van der Waals surface area contributed by atoms with Gasteiger partial charge in [0.2, 0.25) is 10.0 Å². The van der Waals surface area contributed by atoms with Crippen molar-refractivity contribution in [3.8, 4) is 0 Å². The van der Waals surface area contributed by atoms with Crippen LogP contribution in [0.15, 0.2) is 17.0 Å². The summed E-state index contributed by atoms with van der Waals surface area (Å²) in [6.07, 6.45) is 2.94. The van der Waals surface area contributed by atoms with Gasteiger partial charge in [-0.05, 0) is 57.6 Å². The Balaban J connectivity index is 1.60. The molecule has 1 unspecified atom stereocenters. The van der Waals surface area contributed by atoms with Gasteiger partial charge in [0, 0.05) is 19.7 Å². The Kier molecular flexibility index (Phi) is 6.23. The van der Waals surface area contributed by atoms with Crippen LogP contribution in [0.3, 0.4) is 0 Å². The molecule has 2 aliphatic rings. The summed E-state index contributed by atoms with van der Waals surface area (Å²) < 4.78 is 38.6. The summed E-state index contributed by atoms with van der Waals surface area (Å²) >= 11 is 0. The molecule has 0 aromatic heterocycles. The molecule has 7 heteroatoms. The van der Waals surface area contributed by atoms with E-state index in [9.17, 15) is 13.2 Å². The lowest BCUT2D eigenvalue weighted by molar-refractivity contribution is -0.153. The van der Waals surface area contributed by atoms with Crippen molar-refractivity contribution in [2.45, 2.75) is 57.5 Å². The average molecular weight is 396 g/mol. The highest BCUT2D eigenvalue weighted by Crippen LogP contribution is 2.29. The minimum absolute atomic E-state index is 0.0157. The van der Waals surface area contributed by atoms with Gasteiger partial charge in [-0.15, -0.1) is 0 Å². The second-order valence-electron chi connectivity index (χ2n) is 7.67. The first-order valence-electron chi connectivity index (χ1n) is 9.65. The fourth-order valence-electron chi connectivity index (χ4n) is 4.10. The first-order valence-corrected chi connectivity index (χ1v) is 11.1. The number of piperidine rings is 1.